The van der Waals surface area contributed by atoms with Crippen molar-refractivity contribution in [1.82, 2.24) is 5.32 Å². The van der Waals surface area contributed by atoms with Gasteiger partial charge in [0.15, 0.2) is 0 Å². The molecule has 0 saturated heterocycles. The molecule has 0 aromatic carbocycles. The molecular formula is C10H9BrN2OS. The second-order valence-corrected chi connectivity index (χ2v) is 5.42. The highest BCUT2D eigenvalue weighted by Gasteiger charge is 2.50. The Kier molecular flexibility index (Phi) is 2.81. The van der Waals surface area contributed by atoms with Crippen molar-refractivity contribution in [1.29, 1.82) is 5.26 Å². The van der Waals surface area contributed by atoms with Crippen molar-refractivity contribution in [2.45, 2.75) is 19.4 Å². The van der Waals surface area contributed by atoms with Gasteiger partial charge in [0.05, 0.1) is 12.6 Å². The van der Waals surface area contributed by atoms with E-state index in [0.717, 1.165) is 9.35 Å². The maximum Gasteiger partial charge on any atom is 0.240 e. The van der Waals surface area contributed by atoms with Crippen LogP contribution in [0.3, 0.4) is 0 Å². The van der Waals surface area contributed by atoms with Crippen molar-refractivity contribution >= 4 is 33.2 Å². The first kappa shape index (κ1) is 10.7. The van der Waals surface area contributed by atoms with E-state index in [0.29, 0.717) is 19.4 Å². The minimum absolute atomic E-state index is 0.134. The Morgan fingerprint density at radius 2 is 2.47 bits per heavy atom. The van der Waals surface area contributed by atoms with Crippen molar-refractivity contribution in [3.05, 3.63) is 20.8 Å². The molecule has 1 aromatic rings. The van der Waals surface area contributed by atoms with Gasteiger partial charge < -0.3 is 5.32 Å². The Morgan fingerprint density at radius 3 is 2.93 bits per heavy atom. The van der Waals surface area contributed by atoms with Gasteiger partial charge in [-0.15, -0.1) is 11.3 Å². The van der Waals surface area contributed by atoms with E-state index >= 15 is 0 Å². The molecule has 0 radical (unpaired) electrons. The van der Waals surface area contributed by atoms with Gasteiger partial charge in [0.25, 0.3) is 0 Å². The summed E-state index contributed by atoms with van der Waals surface area (Å²) in [6.07, 6.45) is 1.39. The number of thiophene rings is 1. The molecule has 2 rings (SSSR count). The minimum Gasteiger partial charge on any atom is -0.350 e. The number of carbonyl (C=O) groups is 1. The van der Waals surface area contributed by atoms with Crippen molar-refractivity contribution < 1.29 is 4.79 Å². The van der Waals surface area contributed by atoms with Crippen LogP contribution in [0.2, 0.25) is 0 Å². The number of hydrogen-bond donors (Lipinski definition) is 1. The predicted octanol–water partition coefficient (Wildman–Crippen LogP) is 2.43. The topological polar surface area (TPSA) is 52.9 Å². The highest BCUT2D eigenvalue weighted by Crippen LogP contribution is 2.45. The Bertz CT molecular complexity index is 431. The summed E-state index contributed by atoms with van der Waals surface area (Å²) in [6, 6.07) is 4.02. The fraction of sp³-hybridized carbons (Fsp3) is 0.400. The van der Waals surface area contributed by atoms with Crippen molar-refractivity contribution in [3.63, 3.8) is 0 Å². The Balaban J connectivity index is 1.93. The van der Waals surface area contributed by atoms with Gasteiger partial charge in [0.2, 0.25) is 5.91 Å². The van der Waals surface area contributed by atoms with Crippen molar-refractivity contribution in [2.24, 2.45) is 5.41 Å². The maximum atomic E-state index is 11.6. The molecule has 1 fully saturated rings. The molecule has 0 bridgehead atoms. The average Bonchev–Trinajstić information content (AvgIpc) is 2.94. The predicted molar refractivity (Wildman–Crippen MR) is 61.1 cm³/mol. The number of carbonyl (C=O) groups excluding carboxylic acids is 1. The van der Waals surface area contributed by atoms with Crippen LogP contribution in [0.1, 0.15) is 17.7 Å². The zero-order chi connectivity index (χ0) is 10.9. The quantitative estimate of drug-likeness (QED) is 0.927. The lowest BCUT2D eigenvalue weighted by Gasteiger charge is -2.06. The normalized spacial score (nSPS) is 16.8. The standard InChI is InChI=1S/C10H9BrN2OS/c11-7-1-4-15-8(7)5-13-9(14)10(6-12)2-3-10/h1,4H,2-3,5H2,(H,13,14). The van der Waals surface area contributed by atoms with Gasteiger partial charge in [-0.2, -0.15) is 5.26 Å². The molecule has 0 unspecified atom stereocenters. The number of nitrogens with one attached hydrogen (secondary N) is 1. The summed E-state index contributed by atoms with van der Waals surface area (Å²) in [5, 5.41) is 13.6. The fourth-order valence-electron chi connectivity index (χ4n) is 1.30. The van der Waals surface area contributed by atoms with Gasteiger partial charge in [0, 0.05) is 9.35 Å². The summed E-state index contributed by atoms with van der Waals surface area (Å²) >= 11 is 4.98. The molecule has 0 aliphatic heterocycles. The highest BCUT2D eigenvalue weighted by atomic mass is 79.9. The van der Waals surface area contributed by atoms with Gasteiger partial charge in [-0.3, -0.25) is 4.79 Å². The van der Waals surface area contributed by atoms with E-state index in [2.05, 4.69) is 27.3 Å². The Labute approximate surface area is 100 Å². The van der Waals surface area contributed by atoms with E-state index in [1.165, 1.54) is 0 Å². The maximum absolute atomic E-state index is 11.6. The number of halogens is 1. The minimum atomic E-state index is -0.719. The molecule has 0 spiro atoms. The SMILES string of the molecule is N#CC1(C(=O)NCc2sccc2Br)CC1. The van der Waals surface area contributed by atoms with Crippen molar-refractivity contribution in [3.8, 4) is 6.07 Å². The average molecular weight is 285 g/mol. The van der Waals surface area contributed by atoms with E-state index in [4.69, 9.17) is 5.26 Å². The van der Waals surface area contributed by atoms with E-state index in [9.17, 15) is 4.79 Å². The van der Waals surface area contributed by atoms with E-state index in [1.54, 1.807) is 11.3 Å². The summed E-state index contributed by atoms with van der Waals surface area (Å²) in [7, 11) is 0. The number of hydrogen-bond acceptors (Lipinski definition) is 3. The number of nitriles is 1. The van der Waals surface area contributed by atoms with Gasteiger partial charge >= 0.3 is 0 Å². The molecule has 15 heavy (non-hydrogen) atoms. The molecule has 0 atom stereocenters. The Morgan fingerprint density at radius 1 is 1.73 bits per heavy atom. The third-order valence-electron chi connectivity index (χ3n) is 2.50. The molecule has 5 heteroatoms. The van der Waals surface area contributed by atoms with Crippen LogP contribution in [0, 0.1) is 16.7 Å². The summed E-state index contributed by atoms with van der Waals surface area (Å²) in [5.74, 6) is -0.134. The third kappa shape index (κ3) is 2.06. The number of amides is 1. The number of nitrogens with zero attached hydrogens (tertiary/aromatic N) is 1. The molecule has 1 heterocycles. The summed E-state index contributed by atoms with van der Waals surface area (Å²) in [5.41, 5.74) is -0.719. The molecule has 1 aliphatic rings. The molecule has 78 valence electrons. The van der Waals surface area contributed by atoms with Crippen LogP contribution in [0.4, 0.5) is 0 Å². The third-order valence-corrected chi connectivity index (χ3v) is 4.43. The second kappa shape index (κ2) is 3.95. The van der Waals surface area contributed by atoms with E-state index < -0.39 is 5.41 Å². The lowest BCUT2D eigenvalue weighted by Crippen LogP contribution is -2.30. The van der Waals surface area contributed by atoms with E-state index in [1.807, 2.05) is 11.4 Å². The zero-order valence-corrected chi connectivity index (χ0v) is 10.3. The van der Waals surface area contributed by atoms with Gasteiger partial charge in [-0.05, 0) is 40.2 Å². The Hall–Kier alpha value is -0.860. The lowest BCUT2D eigenvalue weighted by molar-refractivity contribution is -0.124. The van der Waals surface area contributed by atoms with Gasteiger partial charge in [-0.1, -0.05) is 0 Å². The first-order chi connectivity index (χ1) is 7.18. The largest absolute Gasteiger partial charge is 0.350 e. The van der Waals surface area contributed by atoms with Crippen LogP contribution in [-0.4, -0.2) is 5.91 Å². The van der Waals surface area contributed by atoms with Crippen LogP contribution in [0.15, 0.2) is 15.9 Å². The van der Waals surface area contributed by atoms with Crippen molar-refractivity contribution in [2.75, 3.05) is 0 Å². The second-order valence-electron chi connectivity index (χ2n) is 3.57. The summed E-state index contributed by atoms with van der Waals surface area (Å²) in [4.78, 5) is 12.7. The molecule has 1 N–H and O–H groups in total. The van der Waals surface area contributed by atoms with Gasteiger partial charge in [0.1, 0.15) is 5.41 Å². The monoisotopic (exact) mass is 284 g/mol. The molecule has 1 aliphatic carbocycles. The molecule has 1 saturated carbocycles. The zero-order valence-electron chi connectivity index (χ0n) is 7.92. The van der Waals surface area contributed by atoms with E-state index in [-0.39, 0.29) is 5.91 Å². The molecule has 1 amide bonds. The highest BCUT2D eigenvalue weighted by molar-refractivity contribution is 9.10. The van der Waals surface area contributed by atoms with Crippen LogP contribution in [-0.2, 0) is 11.3 Å². The summed E-state index contributed by atoms with van der Waals surface area (Å²) < 4.78 is 1.01. The first-order valence-electron chi connectivity index (χ1n) is 4.59. The molecule has 1 aromatic heterocycles. The smallest absolute Gasteiger partial charge is 0.240 e. The van der Waals surface area contributed by atoms with Crippen LogP contribution in [0.25, 0.3) is 0 Å². The van der Waals surface area contributed by atoms with Crippen LogP contribution in [0.5, 0.6) is 0 Å². The van der Waals surface area contributed by atoms with Gasteiger partial charge in [-0.25, -0.2) is 0 Å². The fourth-order valence-corrected chi connectivity index (χ4v) is 2.73. The van der Waals surface area contributed by atoms with Crippen LogP contribution < -0.4 is 5.32 Å². The first-order valence-corrected chi connectivity index (χ1v) is 6.27. The lowest BCUT2D eigenvalue weighted by atomic mass is 10.1. The molecule has 3 nitrogen and oxygen atoms in total. The van der Waals surface area contributed by atoms with Crippen LogP contribution >= 0.6 is 27.3 Å². The molecular weight excluding hydrogens is 276 g/mol. The number of rotatable bonds is 3. The summed E-state index contributed by atoms with van der Waals surface area (Å²) in [6.45, 7) is 0.501.